The van der Waals surface area contributed by atoms with Crippen LogP contribution in [0.5, 0.6) is 0 Å². The van der Waals surface area contributed by atoms with Gasteiger partial charge in [0.1, 0.15) is 6.07 Å². The fourth-order valence-corrected chi connectivity index (χ4v) is 8.86. The van der Waals surface area contributed by atoms with Gasteiger partial charge in [0.2, 0.25) is 0 Å². The van der Waals surface area contributed by atoms with Crippen LogP contribution in [0, 0.1) is 34.0 Å². The average molecular weight is 725 g/mol. The fourth-order valence-electron chi connectivity index (χ4n) is 8.86. The molecule has 3 aromatic heterocycles. The van der Waals surface area contributed by atoms with Crippen LogP contribution in [0.4, 0.5) is 0 Å². The van der Waals surface area contributed by atoms with Crippen molar-refractivity contribution in [2.45, 2.75) is 0 Å². The smallest absolute Gasteiger partial charge is 0.101 e. The molecule has 0 saturated heterocycles. The first kappa shape index (κ1) is 32.1. The highest BCUT2D eigenvalue weighted by molar-refractivity contribution is 6.15. The third-order valence-electron chi connectivity index (χ3n) is 11.3. The molecule has 11 aromatic rings. The van der Waals surface area contributed by atoms with Crippen LogP contribution < -0.4 is 0 Å². The molecule has 11 rings (SSSR count). The molecule has 3 heterocycles. The molecule has 0 radical (unpaired) electrons. The van der Waals surface area contributed by atoms with Gasteiger partial charge in [0.15, 0.2) is 0 Å². The number of rotatable bonds is 4. The van der Waals surface area contributed by atoms with Gasteiger partial charge in [-0.2, -0.15) is 15.8 Å². The molecule has 6 heteroatoms. The SMILES string of the molecule is N#Cc1ccc2c(c1)c1ccccc1n2-c1ccc(-c2ccc(-n3c4ccc(C#N)cc4c4cccc(-n5c6ccccc6c6ccccc65)c43)cc2)cc1C#N. The zero-order valence-electron chi connectivity index (χ0n) is 30.3. The number of hydrogen-bond acceptors (Lipinski definition) is 3. The van der Waals surface area contributed by atoms with Gasteiger partial charge in [-0.3, -0.25) is 0 Å². The summed E-state index contributed by atoms with van der Waals surface area (Å²) in [4.78, 5) is 0. The van der Waals surface area contributed by atoms with E-state index in [2.05, 4.69) is 141 Å². The molecule has 0 N–H and O–H groups in total. The number of para-hydroxylation sites is 4. The Bertz CT molecular complexity index is 3560. The molecule has 0 aliphatic heterocycles. The average Bonchev–Trinajstić information content (AvgIpc) is 3.91. The maximum Gasteiger partial charge on any atom is 0.101 e. The second-order valence-electron chi connectivity index (χ2n) is 14.3. The van der Waals surface area contributed by atoms with Crippen molar-refractivity contribution in [2.75, 3.05) is 0 Å². The van der Waals surface area contributed by atoms with Crippen LogP contribution in [0.15, 0.2) is 170 Å². The summed E-state index contributed by atoms with van der Waals surface area (Å²) in [6.07, 6.45) is 0. The minimum absolute atomic E-state index is 0.551. The number of fused-ring (bicyclic) bond motifs is 9. The molecule has 0 fully saturated rings. The molecule has 0 spiro atoms. The Morgan fingerprint density at radius 1 is 0.333 bits per heavy atom. The minimum Gasteiger partial charge on any atom is -0.308 e. The van der Waals surface area contributed by atoms with Gasteiger partial charge in [-0.1, -0.05) is 84.9 Å². The fraction of sp³-hybridized carbons (Fsp3) is 0. The summed E-state index contributed by atoms with van der Waals surface area (Å²) in [5.74, 6) is 0. The molecule has 0 aliphatic carbocycles. The first-order valence-corrected chi connectivity index (χ1v) is 18.7. The highest BCUT2D eigenvalue weighted by Gasteiger charge is 2.21. The molecule has 0 atom stereocenters. The predicted octanol–water partition coefficient (Wildman–Crippen LogP) is 12.3. The van der Waals surface area contributed by atoms with Crippen LogP contribution in [0.3, 0.4) is 0 Å². The molecule has 0 amide bonds. The standard InChI is InChI=1S/C51H28N6/c52-29-32-17-24-49-42(26-32)40-10-3-6-14-47(40)56(49)44-25-20-35(28-36(44)31-54)34-18-21-37(22-19-34)55-48-23-16-33(30-53)27-43(48)41-11-7-15-50(51(41)55)57-45-12-4-1-8-38(45)39-9-2-5-13-46(39)57/h1-28H. The van der Waals surface area contributed by atoms with E-state index in [0.717, 1.165) is 82.8 Å². The van der Waals surface area contributed by atoms with Crippen LogP contribution in [0.25, 0.3) is 93.6 Å². The zero-order valence-corrected chi connectivity index (χ0v) is 30.3. The molecular formula is C51H28N6. The van der Waals surface area contributed by atoms with Gasteiger partial charge in [0.05, 0.1) is 73.3 Å². The van der Waals surface area contributed by atoms with Gasteiger partial charge in [0.25, 0.3) is 0 Å². The molecule has 262 valence electrons. The lowest BCUT2D eigenvalue weighted by atomic mass is 10.0. The molecule has 8 aromatic carbocycles. The van der Waals surface area contributed by atoms with Crippen molar-refractivity contribution in [3.05, 3.63) is 187 Å². The van der Waals surface area contributed by atoms with Gasteiger partial charge < -0.3 is 13.7 Å². The van der Waals surface area contributed by atoms with Crippen LogP contribution in [0.1, 0.15) is 16.7 Å². The molecule has 6 nitrogen and oxygen atoms in total. The van der Waals surface area contributed by atoms with Crippen molar-refractivity contribution in [1.29, 1.82) is 15.8 Å². The second-order valence-corrected chi connectivity index (χ2v) is 14.3. The predicted molar refractivity (Wildman–Crippen MR) is 229 cm³/mol. The minimum atomic E-state index is 0.551. The Balaban J connectivity index is 1.08. The normalized spacial score (nSPS) is 11.5. The molecule has 0 saturated carbocycles. The van der Waals surface area contributed by atoms with Gasteiger partial charge >= 0.3 is 0 Å². The largest absolute Gasteiger partial charge is 0.308 e. The lowest BCUT2D eigenvalue weighted by Gasteiger charge is -2.15. The van der Waals surface area contributed by atoms with Crippen molar-refractivity contribution in [3.63, 3.8) is 0 Å². The molecule has 0 aliphatic rings. The molecule has 57 heavy (non-hydrogen) atoms. The van der Waals surface area contributed by atoms with E-state index in [-0.39, 0.29) is 0 Å². The summed E-state index contributed by atoms with van der Waals surface area (Å²) in [5.41, 5.74) is 12.7. The van der Waals surface area contributed by atoms with E-state index in [4.69, 9.17) is 0 Å². The lowest BCUT2D eigenvalue weighted by molar-refractivity contribution is 1.13. The second kappa shape index (κ2) is 12.3. The quantitative estimate of drug-likeness (QED) is 0.181. The van der Waals surface area contributed by atoms with Crippen molar-refractivity contribution in [1.82, 2.24) is 13.7 Å². The number of hydrogen-bond donors (Lipinski definition) is 0. The third kappa shape index (κ3) is 4.68. The Morgan fingerprint density at radius 2 is 0.825 bits per heavy atom. The molecule has 0 unspecified atom stereocenters. The number of nitriles is 3. The molecular weight excluding hydrogens is 697 g/mol. The Morgan fingerprint density at radius 3 is 1.42 bits per heavy atom. The van der Waals surface area contributed by atoms with E-state index in [1.165, 1.54) is 10.8 Å². The summed E-state index contributed by atoms with van der Waals surface area (Å²) >= 11 is 0. The van der Waals surface area contributed by atoms with Crippen LogP contribution in [0.2, 0.25) is 0 Å². The summed E-state index contributed by atoms with van der Waals surface area (Å²) in [6.45, 7) is 0. The third-order valence-corrected chi connectivity index (χ3v) is 11.3. The van der Waals surface area contributed by atoms with Crippen molar-refractivity contribution in [2.24, 2.45) is 0 Å². The van der Waals surface area contributed by atoms with E-state index in [9.17, 15) is 15.8 Å². The van der Waals surface area contributed by atoms with E-state index >= 15 is 0 Å². The lowest BCUT2D eigenvalue weighted by Crippen LogP contribution is -2.00. The monoisotopic (exact) mass is 724 g/mol. The summed E-state index contributed by atoms with van der Waals surface area (Å²) < 4.78 is 6.77. The van der Waals surface area contributed by atoms with Crippen molar-refractivity contribution >= 4 is 65.4 Å². The van der Waals surface area contributed by atoms with E-state index in [1.807, 2.05) is 60.7 Å². The van der Waals surface area contributed by atoms with Crippen LogP contribution >= 0.6 is 0 Å². The van der Waals surface area contributed by atoms with Gasteiger partial charge in [0, 0.05) is 38.0 Å². The van der Waals surface area contributed by atoms with E-state index in [1.54, 1.807) is 0 Å². The van der Waals surface area contributed by atoms with Crippen molar-refractivity contribution in [3.8, 4) is 46.4 Å². The van der Waals surface area contributed by atoms with Gasteiger partial charge in [-0.15, -0.1) is 0 Å². The highest BCUT2D eigenvalue weighted by Crippen LogP contribution is 2.41. The summed E-state index contributed by atoms with van der Waals surface area (Å²) in [5, 5.41) is 36.5. The Hall–Kier alpha value is -8.37. The Kier molecular flexibility index (Phi) is 6.95. The van der Waals surface area contributed by atoms with Gasteiger partial charge in [-0.25, -0.2) is 0 Å². The van der Waals surface area contributed by atoms with Crippen LogP contribution in [-0.4, -0.2) is 13.7 Å². The maximum atomic E-state index is 10.5. The number of benzene rings is 8. The summed E-state index contributed by atoms with van der Waals surface area (Å²) in [6, 6.07) is 64.8. The van der Waals surface area contributed by atoms with Gasteiger partial charge in [-0.05, 0) is 96.1 Å². The van der Waals surface area contributed by atoms with E-state index in [0.29, 0.717) is 16.7 Å². The first-order valence-electron chi connectivity index (χ1n) is 18.7. The van der Waals surface area contributed by atoms with Crippen LogP contribution in [-0.2, 0) is 0 Å². The number of nitrogens with zero attached hydrogens (tertiary/aromatic N) is 6. The summed E-state index contributed by atoms with van der Waals surface area (Å²) in [7, 11) is 0. The van der Waals surface area contributed by atoms with Crippen molar-refractivity contribution < 1.29 is 0 Å². The number of aromatic nitrogens is 3. The zero-order chi connectivity index (χ0) is 38.2. The Labute approximate surface area is 326 Å². The molecule has 0 bridgehead atoms. The van der Waals surface area contributed by atoms with E-state index < -0.39 is 0 Å². The highest BCUT2D eigenvalue weighted by atomic mass is 15.1. The maximum absolute atomic E-state index is 10.5. The topological polar surface area (TPSA) is 86.2 Å². The first-order chi connectivity index (χ1) is 28.1.